The van der Waals surface area contributed by atoms with Gasteiger partial charge in [0.05, 0.1) is 15.6 Å². The molecule has 0 unspecified atom stereocenters. The number of hydrogen-bond donors (Lipinski definition) is 2. The lowest BCUT2D eigenvalue weighted by atomic mass is 10.2. The SMILES string of the molecule is CC(=O)Nc1ccc(S(=O)(=O)NCCC(=O)N2CCN(c3ccccc3Cl)CC2)cc1. The van der Waals surface area contributed by atoms with Crippen molar-refractivity contribution in [1.29, 1.82) is 0 Å². The second kappa shape index (κ2) is 10.1. The molecule has 1 fully saturated rings. The number of amides is 2. The Morgan fingerprint density at radius 1 is 1.00 bits per heavy atom. The molecular weight excluding hydrogens is 440 g/mol. The second-order valence-corrected chi connectivity index (χ2v) is 9.35. The van der Waals surface area contributed by atoms with Crippen LogP contribution in [0.5, 0.6) is 0 Å². The number of hydrogen-bond acceptors (Lipinski definition) is 5. The van der Waals surface area contributed by atoms with Gasteiger partial charge in [-0.15, -0.1) is 0 Å². The Morgan fingerprint density at radius 3 is 2.26 bits per heavy atom. The number of anilines is 2. The molecule has 1 saturated heterocycles. The van der Waals surface area contributed by atoms with Crippen LogP contribution in [0.4, 0.5) is 11.4 Å². The van der Waals surface area contributed by atoms with Crippen LogP contribution in [0.1, 0.15) is 13.3 Å². The molecule has 2 amide bonds. The number of halogens is 1. The van der Waals surface area contributed by atoms with Crippen molar-refractivity contribution in [2.45, 2.75) is 18.2 Å². The number of sulfonamides is 1. The van der Waals surface area contributed by atoms with Crippen molar-refractivity contribution in [3.8, 4) is 0 Å². The summed E-state index contributed by atoms with van der Waals surface area (Å²) in [4.78, 5) is 27.5. The molecule has 0 saturated carbocycles. The largest absolute Gasteiger partial charge is 0.367 e. The van der Waals surface area contributed by atoms with Crippen LogP contribution >= 0.6 is 11.6 Å². The number of nitrogens with one attached hydrogen (secondary N) is 2. The molecule has 1 heterocycles. The molecule has 3 rings (SSSR count). The van der Waals surface area contributed by atoms with E-state index in [9.17, 15) is 18.0 Å². The molecule has 0 spiro atoms. The average Bonchev–Trinajstić information content (AvgIpc) is 2.74. The first-order valence-corrected chi connectivity index (χ1v) is 11.8. The van der Waals surface area contributed by atoms with E-state index in [2.05, 4.69) is 14.9 Å². The summed E-state index contributed by atoms with van der Waals surface area (Å²) in [5.41, 5.74) is 1.46. The third-order valence-electron chi connectivity index (χ3n) is 4.94. The molecule has 2 aromatic rings. The zero-order valence-electron chi connectivity index (χ0n) is 17.2. The van der Waals surface area contributed by atoms with Gasteiger partial charge in [-0.2, -0.15) is 0 Å². The highest BCUT2D eigenvalue weighted by Gasteiger charge is 2.22. The number of nitrogens with zero attached hydrogens (tertiary/aromatic N) is 2. The summed E-state index contributed by atoms with van der Waals surface area (Å²) in [6.45, 7) is 3.84. The van der Waals surface area contributed by atoms with Crippen LogP contribution in [0.15, 0.2) is 53.4 Å². The maximum atomic E-state index is 12.5. The van der Waals surface area contributed by atoms with Gasteiger partial charge in [0.1, 0.15) is 0 Å². The van der Waals surface area contributed by atoms with Crippen LogP contribution < -0.4 is 14.9 Å². The molecule has 0 bridgehead atoms. The fourth-order valence-electron chi connectivity index (χ4n) is 3.36. The van der Waals surface area contributed by atoms with Crippen molar-refractivity contribution in [2.75, 3.05) is 42.9 Å². The number of piperazine rings is 1. The summed E-state index contributed by atoms with van der Waals surface area (Å²) in [6, 6.07) is 13.4. The van der Waals surface area contributed by atoms with Gasteiger partial charge in [0, 0.05) is 51.8 Å². The number of rotatable bonds is 7. The topological polar surface area (TPSA) is 98.8 Å². The van der Waals surface area contributed by atoms with E-state index in [-0.39, 0.29) is 29.7 Å². The molecule has 1 aliphatic rings. The van der Waals surface area contributed by atoms with Crippen molar-refractivity contribution < 1.29 is 18.0 Å². The lowest BCUT2D eigenvalue weighted by molar-refractivity contribution is -0.131. The molecule has 2 N–H and O–H groups in total. The molecule has 31 heavy (non-hydrogen) atoms. The Hall–Kier alpha value is -2.62. The summed E-state index contributed by atoms with van der Waals surface area (Å²) < 4.78 is 27.3. The highest BCUT2D eigenvalue weighted by Crippen LogP contribution is 2.26. The van der Waals surface area contributed by atoms with E-state index < -0.39 is 10.0 Å². The fourth-order valence-corrected chi connectivity index (χ4v) is 4.65. The maximum Gasteiger partial charge on any atom is 0.240 e. The Morgan fingerprint density at radius 2 is 1.65 bits per heavy atom. The van der Waals surface area contributed by atoms with Gasteiger partial charge in [0.25, 0.3) is 0 Å². The smallest absolute Gasteiger partial charge is 0.240 e. The van der Waals surface area contributed by atoms with Gasteiger partial charge in [-0.1, -0.05) is 23.7 Å². The van der Waals surface area contributed by atoms with Gasteiger partial charge in [-0.3, -0.25) is 9.59 Å². The van der Waals surface area contributed by atoms with E-state index in [0.717, 1.165) is 5.69 Å². The Balaban J connectivity index is 1.46. The highest BCUT2D eigenvalue weighted by atomic mass is 35.5. The van der Waals surface area contributed by atoms with E-state index in [1.54, 1.807) is 4.90 Å². The fraction of sp³-hybridized carbons (Fsp3) is 0.333. The zero-order chi connectivity index (χ0) is 22.4. The van der Waals surface area contributed by atoms with Crippen LogP contribution in [0.3, 0.4) is 0 Å². The third kappa shape index (κ3) is 6.19. The summed E-state index contributed by atoms with van der Waals surface area (Å²) in [7, 11) is -3.74. The van der Waals surface area contributed by atoms with Gasteiger partial charge in [0.2, 0.25) is 21.8 Å². The first kappa shape index (κ1) is 23.1. The molecule has 2 aromatic carbocycles. The minimum atomic E-state index is -3.74. The van der Waals surface area contributed by atoms with Crippen LogP contribution in [-0.4, -0.2) is 57.9 Å². The van der Waals surface area contributed by atoms with Crippen LogP contribution in [0.2, 0.25) is 5.02 Å². The molecule has 10 heteroatoms. The van der Waals surface area contributed by atoms with Gasteiger partial charge >= 0.3 is 0 Å². The maximum absolute atomic E-state index is 12.5. The molecule has 0 atom stereocenters. The van der Waals surface area contributed by atoms with E-state index in [0.29, 0.717) is 36.9 Å². The molecule has 0 aromatic heterocycles. The van der Waals surface area contributed by atoms with E-state index in [1.165, 1.54) is 31.2 Å². The Bertz CT molecular complexity index is 1040. The quantitative estimate of drug-likeness (QED) is 0.655. The standard InChI is InChI=1S/C21H25ClN4O4S/c1-16(27)24-17-6-8-18(9-7-17)31(29,30)23-11-10-21(28)26-14-12-25(13-15-26)20-5-3-2-4-19(20)22/h2-9,23H,10-15H2,1H3,(H,24,27). The van der Waals surface area contributed by atoms with Crippen molar-refractivity contribution in [3.63, 3.8) is 0 Å². The zero-order valence-corrected chi connectivity index (χ0v) is 18.7. The molecule has 0 radical (unpaired) electrons. The minimum Gasteiger partial charge on any atom is -0.367 e. The Kier molecular flexibility index (Phi) is 7.53. The second-order valence-electron chi connectivity index (χ2n) is 7.17. The van der Waals surface area contributed by atoms with E-state index in [1.807, 2.05) is 24.3 Å². The minimum absolute atomic E-state index is 0.0132. The number of para-hydroxylation sites is 1. The van der Waals surface area contributed by atoms with Crippen LogP contribution in [0.25, 0.3) is 0 Å². The van der Waals surface area contributed by atoms with Gasteiger partial charge in [-0.05, 0) is 36.4 Å². The first-order valence-electron chi connectivity index (χ1n) is 9.91. The molecule has 0 aliphatic carbocycles. The van der Waals surface area contributed by atoms with E-state index >= 15 is 0 Å². The molecule has 8 nitrogen and oxygen atoms in total. The van der Waals surface area contributed by atoms with Crippen LogP contribution in [-0.2, 0) is 19.6 Å². The van der Waals surface area contributed by atoms with Crippen molar-refractivity contribution in [1.82, 2.24) is 9.62 Å². The number of carbonyl (C=O) groups is 2. The van der Waals surface area contributed by atoms with Gasteiger partial charge in [0.15, 0.2) is 0 Å². The Labute approximate surface area is 187 Å². The van der Waals surface area contributed by atoms with Crippen molar-refractivity contribution >= 4 is 44.8 Å². The average molecular weight is 465 g/mol. The first-order chi connectivity index (χ1) is 14.8. The summed E-state index contributed by atoms with van der Waals surface area (Å²) >= 11 is 6.24. The predicted molar refractivity (Wildman–Crippen MR) is 121 cm³/mol. The predicted octanol–water partition coefficient (Wildman–Crippen LogP) is 2.32. The number of carbonyl (C=O) groups excluding carboxylic acids is 2. The summed E-state index contributed by atoms with van der Waals surface area (Å²) in [5, 5.41) is 3.26. The lowest BCUT2D eigenvalue weighted by Gasteiger charge is -2.36. The lowest BCUT2D eigenvalue weighted by Crippen LogP contribution is -2.49. The van der Waals surface area contributed by atoms with E-state index in [4.69, 9.17) is 11.6 Å². The van der Waals surface area contributed by atoms with Crippen molar-refractivity contribution in [2.24, 2.45) is 0 Å². The van der Waals surface area contributed by atoms with Crippen molar-refractivity contribution in [3.05, 3.63) is 53.6 Å². The molecule has 1 aliphatic heterocycles. The summed E-state index contributed by atoms with van der Waals surface area (Å²) in [5.74, 6) is -0.331. The normalized spacial score (nSPS) is 14.4. The van der Waals surface area contributed by atoms with Gasteiger partial charge in [-0.25, -0.2) is 13.1 Å². The molecular formula is C21H25ClN4O4S. The van der Waals surface area contributed by atoms with Gasteiger partial charge < -0.3 is 15.1 Å². The molecule has 166 valence electrons. The monoisotopic (exact) mass is 464 g/mol. The summed E-state index contributed by atoms with van der Waals surface area (Å²) in [6.07, 6.45) is 0.0787. The third-order valence-corrected chi connectivity index (χ3v) is 6.74. The number of benzene rings is 2. The van der Waals surface area contributed by atoms with Crippen LogP contribution in [0, 0.1) is 0 Å². The highest BCUT2D eigenvalue weighted by molar-refractivity contribution is 7.89.